The van der Waals surface area contributed by atoms with E-state index < -0.39 is 30.1 Å². The minimum absolute atomic E-state index is 0.106. The zero-order valence-corrected chi connectivity index (χ0v) is 18.1. The van der Waals surface area contributed by atoms with E-state index in [4.69, 9.17) is 9.84 Å². The topological polar surface area (TPSA) is 125 Å². The van der Waals surface area contributed by atoms with E-state index in [1.54, 1.807) is 13.8 Å². The number of fused-ring (bicyclic) bond motifs is 3. The van der Waals surface area contributed by atoms with Gasteiger partial charge < -0.3 is 25.6 Å². The molecule has 2 aromatic rings. The van der Waals surface area contributed by atoms with Crippen molar-refractivity contribution in [3.8, 4) is 11.1 Å². The van der Waals surface area contributed by atoms with Gasteiger partial charge in [0.25, 0.3) is 0 Å². The molecule has 1 unspecified atom stereocenters. The van der Waals surface area contributed by atoms with Gasteiger partial charge in [-0.3, -0.25) is 4.79 Å². The van der Waals surface area contributed by atoms with Crippen molar-refractivity contribution in [1.82, 2.24) is 10.6 Å². The van der Waals surface area contributed by atoms with Gasteiger partial charge >= 0.3 is 12.1 Å². The molecule has 2 amide bonds. The number of carbonyl (C=O) groups is 3. The van der Waals surface area contributed by atoms with Crippen molar-refractivity contribution in [3.05, 3.63) is 59.7 Å². The van der Waals surface area contributed by atoms with Crippen molar-refractivity contribution in [2.24, 2.45) is 5.92 Å². The number of hydrogen-bond donors (Lipinski definition) is 4. The standard InChI is InChI=1S/C24H28N2O6/c1-14(2)21(22(28)25-20(11-12-27)23(29)30)26-24(31)32-13-19-17-9-5-3-7-15(17)16-8-4-6-10-18(16)19/h3-10,14,19-21,27H,11-13H2,1-2H3,(H,25,28)(H,26,31)(H,29,30)/t20-,21?/m1/s1. The Hall–Kier alpha value is -3.39. The third-order valence-electron chi connectivity index (χ3n) is 5.60. The van der Waals surface area contributed by atoms with Crippen molar-refractivity contribution in [2.45, 2.75) is 38.3 Å². The maximum absolute atomic E-state index is 12.6. The molecule has 0 aromatic heterocycles. The van der Waals surface area contributed by atoms with Crippen molar-refractivity contribution >= 4 is 18.0 Å². The van der Waals surface area contributed by atoms with E-state index in [-0.39, 0.29) is 31.5 Å². The van der Waals surface area contributed by atoms with Gasteiger partial charge in [-0.2, -0.15) is 0 Å². The Balaban J connectivity index is 1.65. The van der Waals surface area contributed by atoms with E-state index in [1.807, 2.05) is 48.5 Å². The summed E-state index contributed by atoms with van der Waals surface area (Å²) in [6, 6.07) is 13.7. The number of ether oxygens (including phenoxy) is 1. The molecule has 0 aliphatic heterocycles. The highest BCUT2D eigenvalue weighted by molar-refractivity contribution is 5.89. The monoisotopic (exact) mass is 440 g/mol. The Bertz CT molecular complexity index is 944. The summed E-state index contributed by atoms with van der Waals surface area (Å²) in [5.74, 6) is -2.31. The van der Waals surface area contributed by atoms with Crippen molar-refractivity contribution in [3.63, 3.8) is 0 Å². The second-order valence-corrected chi connectivity index (χ2v) is 8.10. The number of aliphatic carboxylic acids is 1. The molecule has 1 aliphatic rings. The number of aliphatic hydroxyl groups excluding tert-OH is 1. The van der Waals surface area contributed by atoms with Gasteiger partial charge in [0, 0.05) is 18.9 Å². The molecule has 2 aromatic carbocycles. The van der Waals surface area contributed by atoms with E-state index in [1.165, 1.54) is 0 Å². The Labute approximate surface area is 186 Å². The van der Waals surface area contributed by atoms with E-state index in [9.17, 15) is 19.5 Å². The Morgan fingerprint density at radius 1 is 0.969 bits per heavy atom. The summed E-state index contributed by atoms with van der Waals surface area (Å²) >= 11 is 0. The second kappa shape index (κ2) is 10.3. The van der Waals surface area contributed by atoms with Crippen molar-refractivity contribution in [2.75, 3.05) is 13.2 Å². The molecule has 0 saturated carbocycles. The molecule has 0 fully saturated rings. The lowest BCUT2D eigenvalue weighted by Gasteiger charge is -2.24. The molecule has 0 radical (unpaired) electrons. The van der Waals surface area contributed by atoms with Crippen LogP contribution in [0.2, 0.25) is 0 Å². The van der Waals surface area contributed by atoms with Gasteiger partial charge in [-0.25, -0.2) is 9.59 Å². The van der Waals surface area contributed by atoms with Crippen LogP contribution in [0.15, 0.2) is 48.5 Å². The summed E-state index contributed by atoms with van der Waals surface area (Å²) < 4.78 is 5.48. The fourth-order valence-electron chi connectivity index (χ4n) is 3.95. The van der Waals surface area contributed by atoms with Crippen LogP contribution in [0.3, 0.4) is 0 Å². The number of carbonyl (C=O) groups excluding carboxylic acids is 2. The first-order valence-corrected chi connectivity index (χ1v) is 10.6. The molecule has 32 heavy (non-hydrogen) atoms. The first-order valence-electron chi connectivity index (χ1n) is 10.6. The Morgan fingerprint density at radius 3 is 2.03 bits per heavy atom. The molecule has 2 atom stereocenters. The van der Waals surface area contributed by atoms with Crippen LogP contribution in [0, 0.1) is 5.92 Å². The maximum atomic E-state index is 12.6. The van der Waals surface area contributed by atoms with Gasteiger partial charge in [-0.05, 0) is 28.2 Å². The highest BCUT2D eigenvalue weighted by atomic mass is 16.5. The second-order valence-electron chi connectivity index (χ2n) is 8.10. The van der Waals surface area contributed by atoms with Crippen LogP contribution < -0.4 is 10.6 Å². The summed E-state index contributed by atoms with van der Waals surface area (Å²) in [6.07, 6.45) is -0.883. The molecule has 8 nitrogen and oxygen atoms in total. The highest BCUT2D eigenvalue weighted by Gasteiger charge is 2.31. The van der Waals surface area contributed by atoms with Crippen LogP contribution in [0.4, 0.5) is 4.79 Å². The van der Waals surface area contributed by atoms with Crippen LogP contribution in [-0.2, 0) is 14.3 Å². The largest absolute Gasteiger partial charge is 0.480 e. The number of carboxylic acid groups (broad SMARTS) is 1. The fourth-order valence-corrected chi connectivity index (χ4v) is 3.95. The van der Waals surface area contributed by atoms with E-state index >= 15 is 0 Å². The number of rotatable bonds is 9. The van der Waals surface area contributed by atoms with E-state index in [2.05, 4.69) is 10.6 Å². The summed E-state index contributed by atoms with van der Waals surface area (Å²) in [7, 11) is 0. The molecule has 0 spiro atoms. The van der Waals surface area contributed by atoms with Crippen molar-refractivity contribution in [1.29, 1.82) is 0 Å². The minimum Gasteiger partial charge on any atom is -0.480 e. The molecular weight excluding hydrogens is 412 g/mol. The molecule has 1 aliphatic carbocycles. The fraction of sp³-hybridized carbons (Fsp3) is 0.375. The average molecular weight is 440 g/mol. The lowest BCUT2D eigenvalue weighted by atomic mass is 9.98. The van der Waals surface area contributed by atoms with Gasteiger partial charge in [-0.1, -0.05) is 62.4 Å². The van der Waals surface area contributed by atoms with E-state index in [0.29, 0.717) is 0 Å². The first kappa shape index (κ1) is 23.3. The summed E-state index contributed by atoms with van der Waals surface area (Å²) in [5, 5.41) is 23.1. The van der Waals surface area contributed by atoms with Gasteiger partial charge in [0.2, 0.25) is 5.91 Å². The van der Waals surface area contributed by atoms with Gasteiger partial charge in [0.15, 0.2) is 0 Å². The number of carboxylic acids is 1. The van der Waals surface area contributed by atoms with Gasteiger partial charge in [0.05, 0.1) is 0 Å². The molecule has 170 valence electrons. The van der Waals surface area contributed by atoms with Crippen LogP contribution in [0.1, 0.15) is 37.3 Å². The molecule has 8 heteroatoms. The molecule has 0 heterocycles. The van der Waals surface area contributed by atoms with Gasteiger partial charge in [-0.15, -0.1) is 0 Å². The lowest BCUT2D eigenvalue weighted by Crippen LogP contribution is -2.54. The Morgan fingerprint density at radius 2 is 1.53 bits per heavy atom. The van der Waals surface area contributed by atoms with Crippen LogP contribution in [-0.4, -0.2) is 53.5 Å². The number of aliphatic hydroxyl groups is 1. The number of hydrogen-bond acceptors (Lipinski definition) is 5. The number of amides is 2. The molecule has 0 saturated heterocycles. The Kier molecular flexibility index (Phi) is 7.48. The third kappa shape index (κ3) is 5.08. The summed E-state index contributed by atoms with van der Waals surface area (Å²) in [4.78, 5) is 36.3. The first-order chi connectivity index (χ1) is 15.3. The quantitative estimate of drug-likeness (QED) is 0.475. The van der Waals surface area contributed by atoms with Crippen molar-refractivity contribution < 1.29 is 29.3 Å². The predicted octanol–water partition coefficient (Wildman–Crippen LogP) is 2.50. The zero-order chi connectivity index (χ0) is 23.3. The number of nitrogens with one attached hydrogen (secondary N) is 2. The minimum atomic E-state index is -1.25. The maximum Gasteiger partial charge on any atom is 0.407 e. The van der Waals surface area contributed by atoms with Crippen LogP contribution >= 0.6 is 0 Å². The number of benzene rings is 2. The molecule has 3 rings (SSSR count). The average Bonchev–Trinajstić information content (AvgIpc) is 3.09. The van der Waals surface area contributed by atoms with E-state index in [0.717, 1.165) is 22.3 Å². The molecular formula is C24H28N2O6. The normalized spacial score (nSPS) is 14.2. The molecule has 0 bridgehead atoms. The van der Waals surface area contributed by atoms with Crippen LogP contribution in [0.5, 0.6) is 0 Å². The predicted molar refractivity (Wildman–Crippen MR) is 118 cm³/mol. The zero-order valence-electron chi connectivity index (χ0n) is 18.1. The number of alkyl carbamates (subject to hydrolysis) is 1. The smallest absolute Gasteiger partial charge is 0.407 e. The SMILES string of the molecule is CC(C)C(NC(=O)OCC1c2ccccc2-c2ccccc21)C(=O)N[C@H](CCO)C(=O)O. The van der Waals surface area contributed by atoms with Gasteiger partial charge in [0.1, 0.15) is 18.7 Å². The summed E-state index contributed by atoms with van der Waals surface area (Å²) in [6.45, 7) is 3.18. The molecule has 4 N–H and O–H groups in total. The lowest BCUT2D eigenvalue weighted by molar-refractivity contribution is -0.142. The summed E-state index contributed by atoms with van der Waals surface area (Å²) in [5.41, 5.74) is 4.38. The third-order valence-corrected chi connectivity index (χ3v) is 5.60. The highest BCUT2D eigenvalue weighted by Crippen LogP contribution is 2.44. The van der Waals surface area contributed by atoms with Crippen LogP contribution in [0.25, 0.3) is 11.1 Å².